The lowest BCUT2D eigenvalue weighted by molar-refractivity contribution is 0.149. The van der Waals surface area contributed by atoms with Crippen molar-refractivity contribution < 1.29 is 9.84 Å². The molecule has 1 atom stereocenters. The molecule has 108 valence electrons. The third-order valence-electron chi connectivity index (χ3n) is 3.94. The second kappa shape index (κ2) is 7.54. The van der Waals surface area contributed by atoms with Gasteiger partial charge in [-0.2, -0.15) is 0 Å². The Morgan fingerprint density at radius 3 is 2.32 bits per heavy atom. The molecule has 2 heteroatoms. The van der Waals surface area contributed by atoms with Crippen molar-refractivity contribution in [1.82, 2.24) is 0 Å². The molecule has 0 saturated heterocycles. The predicted octanol–water partition coefficient (Wildman–Crippen LogP) is 4.30. The fraction of sp³-hybridized carbons (Fsp3) is 0.647. The molecule has 19 heavy (non-hydrogen) atoms. The molecule has 0 amide bonds. The molecule has 2 nitrogen and oxygen atoms in total. The van der Waals surface area contributed by atoms with E-state index in [0.717, 1.165) is 31.4 Å². The molecule has 0 fully saturated rings. The maximum atomic E-state index is 9.45. The Balaban J connectivity index is 2.41. The number of ether oxygens (including phenoxy) is 1. The summed E-state index contributed by atoms with van der Waals surface area (Å²) >= 11 is 0. The Morgan fingerprint density at radius 2 is 1.79 bits per heavy atom. The molecule has 0 heterocycles. The first-order valence-electron chi connectivity index (χ1n) is 7.41. The van der Waals surface area contributed by atoms with Crippen LogP contribution in [-0.2, 0) is 5.41 Å². The van der Waals surface area contributed by atoms with Crippen molar-refractivity contribution in [2.45, 2.75) is 64.9 Å². The van der Waals surface area contributed by atoms with Crippen LogP contribution in [0.4, 0.5) is 0 Å². The average Bonchev–Trinajstić information content (AvgIpc) is 2.43. The summed E-state index contributed by atoms with van der Waals surface area (Å²) in [6, 6.07) is 8.39. The van der Waals surface area contributed by atoms with E-state index in [1.807, 2.05) is 19.1 Å². The van der Waals surface area contributed by atoms with E-state index in [1.165, 1.54) is 5.56 Å². The average molecular weight is 264 g/mol. The van der Waals surface area contributed by atoms with Gasteiger partial charge in [-0.15, -0.1) is 0 Å². The Labute approximate surface area is 117 Å². The first-order valence-corrected chi connectivity index (χ1v) is 7.41. The number of rotatable bonds is 8. The SMILES string of the molecule is CCC(O)CCCOc1ccc(C(C)(C)CC)cc1. The van der Waals surface area contributed by atoms with Gasteiger partial charge >= 0.3 is 0 Å². The lowest BCUT2D eigenvalue weighted by Crippen LogP contribution is -2.15. The van der Waals surface area contributed by atoms with Gasteiger partial charge in [0.05, 0.1) is 12.7 Å². The molecule has 0 aliphatic rings. The number of aliphatic hydroxyl groups is 1. The number of hydrogen-bond acceptors (Lipinski definition) is 2. The van der Waals surface area contributed by atoms with E-state index in [9.17, 15) is 5.11 Å². The Kier molecular flexibility index (Phi) is 6.36. The van der Waals surface area contributed by atoms with E-state index in [1.54, 1.807) is 0 Å². The zero-order valence-corrected chi connectivity index (χ0v) is 12.8. The topological polar surface area (TPSA) is 29.5 Å². The van der Waals surface area contributed by atoms with Gasteiger partial charge in [-0.1, -0.05) is 39.8 Å². The van der Waals surface area contributed by atoms with Gasteiger partial charge < -0.3 is 9.84 Å². The van der Waals surface area contributed by atoms with Crippen LogP contribution in [0, 0.1) is 0 Å². The van der Waals surface area contributed by atoms with Crippen LogP contribution < -0.4 is 4.74 Å². The van der Waals surface area contributed by atoms with Crippen LogP contribution in [-0.4, -0.2) is 17.8 Å². The highest BCUT2D eigenvalue weighted by Gasteiger charge is 2.17. The summed E-state index contributed by atoms with van der Waals surface area (Å²) in [5.41, 5.74) is 1.58. The third kappa shape index (κ3) is 5.23. The fourth-order valence-corrected chi connectivity index (χ4v) is 1.92. The molecule has 1 aromatic rings. The summed E-state index contributed by atoms with van der Waals surface area (Å²) in [7, 11) is 0. The summed E-state index contributed by atoms with van der Waals surface area (Å²) in [6.07, 6.45) is 3.48. The van der Waals surface area contributed by atoms with E-state index in [4.69, 9.17) is 4.74 Å². The van der Waals surface area contributed by atoms with E-state index >= 15 is 0 Å². The van der Waals surface area contributed by atoms with Crippen molar-refractivity contribution in [3.63, 3.8) is 0 Å². The minimum absolute atomic E-state index is 0.184. The first kappa shape index (κ1) is 16.0. The van der Waals surface area contributed by atoms with Crippen LogP contribution in [0.15, 0.2) is 24.3 Å². The van der Waals surface area contributed by atoms with Crippen molar-refractivity contribution in [1.29, 1.82) is 0 Å². The van der Waals surface area contributed by atoms with Crippen molar-refractivity contribution in [2.24, 2.45) is 0 Å². The van der Waals surface area contributed by atoms with Crippen molar-refractivity contribution in [2.75, 3.05) is 6.61 Å². The van der Waals surface area contributed by atoms with Gasteiger partial charge in [0.2, 0.25) is 0 Å². The molecule has 1 rings (SSSR count). The molecule has 0 radical (unpaired) electrons. The van der Waals surface area contributed by atoms with Gasteiger partial charge in [-0.25, -0.2) is 0 Å². The van der Waals surface area contributed by atoms with Gasteiger partial charge in [0.1, 0.15) is 5.75 Å². The van der Waals surface area contributed by atoms with Crippen LogP contribution in [0.25, 0.3) is 0 Å². The van der Waals surface area contributed by atoms with Crippen molar-refractivity contribution >= 4 is 0 Å². The highest BCUT2D eigenvalue weighted by atomic mass is 16.5. The minimum atomic E-state index is -0.184. The van der Waals surface area contributed by atoms with Crippen LogP contribution in [0.5, 0.6) is 5.75 Å². The second-order valence-electron chi connectivity index (χ2n) is 5.81. The quantitative estimate of drug-likeness (QED) is 0.709. The molecule has 0 aliphatic heterocycles. The standard InChI is InChI=1S/C17H28O2/c1-5-15(18)8-7-13-19-16-11-9-14(10-12-16)17(3,4)6-2/h9-12,15,18H,5-8,13H2,1-4H3. The van der Waals surface area contributed by atoms with Crippen molar-refractivity contribution in [3.05, 3.63) is 29.8 Å². The predicted molar refractivity (Wildman–Crippen MR) is 80.8 cm³/mol. The maximum absolute atomic E-state index is 9.45. The summed E-state index contributed by atoms with van der Waals surface area (Å²) < 4.78 is 5.69. The largest absolute Gasteiger partial charge is 0.494 e. The van der Waals surface area contributed by atoms with E-state index in [0.29, 0.717) is 6.61 Å². The minimum Gasteiger partial charge on any atom is -0.494 e. The van der Waals surface area contributed by atoms with Crippen LogP contribution in [0.2, 0.25) is 0 Å². The summed E-state index contributed by atoms with van der Waals surface area (Å²) in [5.74, 6) is 0.918. The molecule has 1 N–H and O–H groups in total. The van der Waals surface area contributed by atoms with Gasteiger partial charge in [0, 0.05) is 0 Å². The zero-order valence-electron chi connectivity index (χ0n) is 12.8. The van der Waals surface area contributed by atoms with E-state index in [-0.39, 0.29) is 11.5 Å². The van der Waals surface area contributed by atoms with Gasteiger partial charge in [0.15, 0.2) is 0 Å². The van der Waals surface area contributed by atoms with Gasteiger partial charge in [-0.3, -0.25) is 0 Å². The normalized spacial score (nSPS) is 13.3. The van der Waals surface area contributed by atoms with E-state index < -0.39 is 0 Å². The zero-order chi connectivity index (χ0) is 14.3. The monoisotopic (exact) mass is 264 g/mol. The Bertz CT molecular complexity index is 354. The summed E-state index contributed by atoms with van der Waals surface area (Å²) in [5, 5.41) is 9.45. The second-order valence-corrected chi connectivity index (χ2v) is 5.81. The van der Waals surface area contributed by atoms with Crippen molar-refractivity contribution in [3.8, 4) is 5.75 Å². The molecular formula is C17H28O2. The first-order chi connectivity index (χ1) is 8.99. The molecule has 1 aromatic carbocycles. The fourth-order valence-electron chi connectivity index (χ4n) is 1.92. The molecule has 0 bridgehead atoms. The Morgan fingerprint density at radius 1 is 1.16 bits per heavy atom. The highest BCUT2D eigenvalue weighted by molar-refractivity contribution is 5.31. The summed E-state index contributed by atoms with van der Waals surface area (Å²) in [4.78, 5) is 0. The molecule has 1 unspecified atom stereocenters. The van der Waals surface area contributed by atoms with Gasteiger partial charge in [-0.05, 0) is 48.8 Å². The van der Waals surface area contributed by atoms with Crippen LogP contribution in [0.3, 0.4) is 0 Å². The number of hydrogen-bond donors (Lipinski definition) is 1. The molecule has 0 aliphatic carbocycles. The molecule has 0 saturated carbocycles. The van der Waals surface area contributed by atoms with E-state index in [2.05, 4.69) is 32.9 Å². The van der Waals surface area contributed by atoms with Crippen LogP contribution >= 0.6 is 0 Å². The number of aliphatic hydroxyl groups excluding tert-OH is 1. The maximum Gasteiger partial charge on any atom is 0.119 e. The number of benzene rings is 1. The van der Waals surface area contributed by atoms with Crippen LogP contribution in [0.1, 0.15) is 58.9 Å². The third-order valence-corrected chi connectivity index (χ3v) is 3.94. The molecule has 0 aromatic heterocycles. The lowest BCUT2D eigenvalue weighted by atomic mass is 9.82. The lowest BCUT2D eigenvalue weighted by Gasteiger charge is -2.23. The highest BCUT2D eigenvalue weighted by Crippen LogP contribution is 2.28. The summed E-state index contributed by atoms with van der Waals surface area (Å²) in [6.45, 7) is 9.40. The molecular weight excluding hydrogens is 236 g/mol. The molecule has 0 spiro atoms. The smallest absolute Gasteiger partial charge is 0.119 e. The Hall–Kier alpha value is -1.02. The van der Waals surface area contributed by atoms with Gasteiger partial charge in [0.25, 0.3) is 0 Å².